The van der Waals surface area contributed by atoms with Gasteiger partial charge in [0.15, 0.2) is 0 Å². The molecule has 0 amide bonds. The lowest BCUT2D eigenvalue weighted by Crippen LogP contribution is -1.96. The zero-order chi connectivity index (χ0) is 15.4. The molecule has 0 aliphatic heterocycles. The summed E-state index contributed by atoms with van der Waals surface area (Å²) in [5.74, 6) is 0. The number of fused-ring (bicyclic) bond motifs is 1. The molecule has 3 aromatic rings. The summed E-state index contributed by atoms with van der Waals surface area (Å²) in [6.07, 6.45) is 4.81. The van der Waals surface area contributed by atoms with E-state index >= 15 is 0 Å². The molecule has 0 fully saturated rings. The third-order valence-corrected chi connectivity index (χ3v) is 3.15. The largest absolute Gasteiger partial charge is 0.404 e. The number of aromatic nitrogens is 2. The number of hydrogen-bond acceptors (Lipinski definition) is 5. The van der Waals surface area contributed by atoms with Crippen LogP contribution in [0.2, 0.25) is 0 Å². The fourth-order valence-corrected chi connectivity index (χ4v) is 2.04. The Hall–Kier alpha value is -3.21. The molecule has 0 saturated carbocycles. The van der Waals surface area contributed by atoms with E-state index < -0.39 is 0 Å². The van der Waals surface area contributed by atoms with Crippen LogP contribution in [0.15, 0.2) is 65.9 Å². The van der Waals surface area contributed by atoms with Crippen molar-refractivity contribution in [3.63, 3.8) is 0 Å². The lowest BCUT2D eigenvalue weighted by atomic mass is 10.2. The standard InChI is InChI=1S/C17H15N5/c18-9-12(10-20-14-5-3-4-13(19)8-14)17-11-21-15-6-1-2-7-16(15)22-17/h1-11H,18-19H2. The highest BCUT2D eigenvalue weighted by atomic mass is 14.8. The maximum atomic E-state index is 5.74. The molecule has 0 spiro atoms. The molecule has 22 heavy (non-hydrogen) atoms. The maximum Gasteiger partial charge on any atom is 0.0922 e. The van der Waals surface area contributed by atoms with Gasteiger partial charge in [-0.2, -0.15) is 0 Å². The zero-order valence-corrected chi connectivity index (χ0v) is 11.8. The van der Waals surface area contributed by atoms with E-state index in [1.807, 2.05) is 42.5 Å². The first-order chi connectivity index (χ1) is 10.8. The van der Waals surface area contributed by atoms with Gasteiger partial charge in [0.05, 0.1) is 28.6 Å². The number of anilines is 1. The van der Waals surface area contributed by atoms with Crippen molar-refractivity contribution in [3.8, 4) is 0 Å². The van der Waals surface area contributed by atoms with Crippen LogP contribution in [0.3, 0.4) is 0 Å². The summed E-state index contributed by atoms with van der Waals surface area (Å²) in [7, 11) is 0. The number of rotatable bonds is 3. The Bertz CT molecular complexity index is 868. The number of benzene rings is 2. The minimum atomic E-state index is 0.665. The Morgan fingerprint density at radius 3 is 2.64 bits per heavy atom. The fraction of sp³-hybridized carbons (Fsp3) is 0. The maximum absolute atomic E-state index is 5.74. The first kappa shape index (κ1) is 13.8. The second kappa shape index (κ2) is 6.05. The van der Waals surface area contributed by atoms with Gasteiger partial charge in [-0.05, 0) is 30.3 Å². The van der Waals surface area contributed by atoms with E-state index in [0.29, 0.717) is 17.0 Å². The smallest absolute Gasteiger partial charge is 0.0922 e. The van der Waals surface area contributed by atoms with Gasteiger partial charge in [0, 0.05) is 23.7 Å². The van der Waals surface area contributed by atoms with Gasteiger partial charge >= 0.3 is 0 Å². The van der Waals surface area contributed by atoms with Gasteiger partial charge in [0.1, 0.15) is 0 Å². The number of allylic oxidation sites excluding steroid dienone is 1. The quantitative estimate of drug-likeness (QED) is 0.573. The summed E-state index contributed by atoms with van der Waals surface area (Å²) < 4.78 is 0. The van der Waals surface area contributed by atoms with Crippen LogP contribution in [0.4, 0.5) is 11.4 Å². The highest BCUT2D eigenvalue weighted by molar-refractivity contribution is 6.09. The minimum Gasteiger partial charge on any atom is -0.404 e. The first-order valence-corrected chi connectivity index (χ1v) is 6.80. The molecule has 0 atom stereocenters. The Balaban J connectivity index is 1.93. The highest BCUT2D eigenvalue weighted by Crippen LogP contribution is 2.17. The molecular weight excluding hydrogens is 274 g/mol. The molecule has 0 bridgehead atoms. The van der Waals surface area contributed by atoms with Crippen molar-refractivity contribution in [3.05, 3.63) is 66.6 Å². The number of nitrogen functional groups attached to an aromatic ring is 1. The van der Waals surface area contributed by atoms with E-state index in [4.69, 9.17) is 11.5 Å². The van der Waals surface area contributed by atoms with Crippen LogP contribution in [0.25, 0.3) is 16.6 Å². The van der Waals surface area contributed by atoms with Crippen LogP contribution in [-0.4, -0.2) is 16.2 Å². The molecular formula is C17H15N5. The van der Waals surface area contributed by atoms with E-state index in [-0.39, 0.29) is 0 Å². The third kappa shape index (κ3) is 2.93. The van der Waals surface area contributed by atoms with Gasteiger partial charge < -0.3 is 11.5 Å². The molecule has 4 N–H and O–H groups in total. The predicted octanol–water partition coefficient (Wildman–Crippen LogP) is 2.91. The second-order valence-corrected chi connectivity index (χ2v) is 4.72. The van der Waals surface area contributed by atoms with Crippen molar-refractivity contribution in [2.24, 2.45) is 10.7 Å². The van der Waals surface area contributed by atoms with Crippen molar-refractivity contribution in [1.29, 1.82) is 0 Å². The molecule has 0 saturated heterocycles. The van der Waals surface area contributed by atoms with E-state index in [2.05, 4.69) is 15.0 Å². The molecule has 0 aliphatic rings. The summed E-state index contributed by atoms with van der Waals surface area (Å²) in [4.78, 5) is 13.3. The van der Waals surface area contributed by atoms with Gasteiger partial charge in [0.2, 0.25) is 0 Å². The van der Waals surface area contributed by atoms with Gasteiger partial charge in [0.25, 0.3) is 0 Å². The zero-order valence-electron chi connectivity index (χ0n) is 11.8. The third-order valence-electron chi connectivity index (χ3n) is 3.15. The van der Waals surface area contributed by atoms with Crippen LogP contribution < -0.4 is 11.5 Å². The van der Waals surface area contributed by atoms with E-state index in [9.17, 15) is 0 Å². The van der Waals surface area contributed by atoms with Gasteiger partial charge in [-0.25, -0.2) is 4.98 Å². The molecule has 5 nitrogen and oxygen atoms in total. The van der Waals surface area contributed by atoms with Crippen molar-refractivity contribution in [1.82, 2.24) is 9.97 Å². The summed E-state index contributed by atoms with van der Waals surface area (Å²) >= 11 is 0. The van der Waals surface area contributed by atoms with Crippen LogP contribution in [0, 0.1) is 0 Å². The molecule has 108 valence electrons. The number of nitrogens with zero attached hydrogens (tertiary/aromatic N) is 3. The van der Waals surface area contributed by atoms with Crippen molar-refractivity contribution in [2.75, 3.05) is 5.73 Å². The summed E-state index contributed by atoms with van der Waals surface area (Å²) in [5.41, 5.74) is 15.9. The number of hydrogen-bond donors (Lipinski definition) is 2. The molecule has 0 aliphatic carbocycles. The van der Waals surface area contributed by atoms with Gasteiger partial charge in [-0.3, -0.25) is 9.98 Å². The van der Waals surface area contributed by atoms with Gasteiger partial charge in [-0.1, -0.05) is 18.2 Å². The summed E-state index contributed by atoms with van der Waals surface area (Å²) in [6, 6.07) is 15.0. The molecule has 3 rings (SSSR count). The molecule has 0 radical (unpaired) electrons. The molecule has 0 unspecified atom stereocenters. The van der Waals surface area contributed by atoms with Crippen LogP contribution in [0.1, 0.15) is 5.69 Å². The van der Waals surface area contributed by atoms with Crippen LogP contribution in [0.5, 0.6) is 0 Å². The summed E-state index contributed by atoms with van der Waals surface area (Å²) in [5, 5.41) is 0. The van der Waals surface area contributed by atoms with Crippen LogP contribution in [-0.2, 0) is 0 Å². The minimum absolute atomic E-state index is 0.665. The predicted molar refractivity (Wildman–Crippen MR) is 90.7 cm³/mol. The average molecular weight is 289 g/mol. The molecule has 1 heterocycles. The Labute approximate surface area is 128 Å². The Kier molecular flexibility index (Phi) is 3.78. The Morgan fingerprint density at radius 2 is 1.86 bits per heavy atom. The molecule has 2 aromatic carbocycles. The number of nitrogens with two attached hydrogens (primary N) is 2. The lowest BCUT2D eigenvalue weighted by molar-refractivity contribution is 1.26. The lowest BCUT2D eigenvalue weighted by Gasteiger charge is -2.02. The van der Waals surface area contributed by atoms with Crippen molar-refractivity contribution >= 4 is 34.2 Å². The molecule has 1 aromatic heterocycles. The second-order valence-electron chi connectivity index (χ2n) is 4.72. The number of para-hydroxylation sites is 2. The fourth-order valence-electron chi connectivity index (χ4n) is 2.04. The topological polar surface area (TPSA) is 90.2 Å². The van der Waals surface area contributed by atoms with Crippen molar-refractivity contribution < 1.29 is 0 Å². The van der Waals surface area contributed by atoms with E-state index in [0.717, 1.165) is 16.7 Å². The average Bonchev–Trinajstić information content (AvgIpc) is 2.55. The highest BCUT2D eigenvalue weighted by Gasteiger charge is 2.03. The summed E-state index contributed by atoms with van der Waals surface area (Å²) in [6.45, 7) is 0. The van der Waals surface area contributed by atoms with Crippen molar-refractivity contribution in [2.45, 2.75) is 0 Å². The monoisotopic (exact) mass is 289 g/mol. The van der Waals surface area contributed by atoms with Crippen LogP contribution >= 0.6 is 0 Å². The molecule has 5 heteroatoms. The SMILES string of the molecule is NC=C(C=Nc1cccc(N)c1)c1cnc2ccccc2n1. The van der Waals surface area contributed by atoms with E-state index in [1.165, 1.54) is 6.20 Å². The van der Waals surface area contributed by atoms with Gasteiger partial charge in [-0.15, -0.1) is 0 Å². The van der Waals surface area contributed by atoms with E-state index in [1.54, 1.807) is 18.5 Å². The normalized spacial score (nSPS) is 12.1. The Morgan fingerprint density at radius 1 is 1.05 bits per heavy atom. The number of aliphatic imine (C=N–C) groups is 1. The first-order valence-electron chi connectivity index (χ1n) is 6.80.